The first-order valence-corrected chi connectivity index (χ1v) is 9.25. The van der Waals surface area contributed by atoms with Crippen molar-refractivity contribution in [2.24, 2.45) is 5.73 Å². The predicted octanol–water partition coefficient (Wildman–Crippen LogP) is 4.21. The molecule has 1 aromatic heterocycles. The van der Waals surface area contributed by atoms with E-state index in [0.29, 0.717) is 0 Å². The molecule has 0 spiro atoms. The second-order valence-electron chi connectivity index (χ2n) is 7.36. The molecule has 0 radical (unpaired) electrons. The third-order valence-electron chi connectivity index (χ3n) is 5.57. The molecule has 5 nitrogen and oxygen atoms in total. The van der Waals surface area contributed by atoms with Crippen LogP contribution in [0.2, 0.25) is 0 Å². The molecule has 144 valence electrons. The summed E-state index contributed by atoms with van der Waals surface area (Å²) < 4.78 is 2.33. The van der Waals surface area contributed by atoms with Gasteiger partial charge in [0, 0.05) is 18.7 Å². The molecule has 0 saturated heterocycles. The zero-order valence-electron chi connectivity index (χ0n) is 15.0. The van der Waals surface area contributed by atoms with Gasteiger partial charge in [0.15, 0.2) is 0 Å². The highest BCUT2D eigenvalue weighted by Gasteiger charge is 2.35. The Labute approximate surface area is 166 Å². The van der Waals surface area contributed by atoms with Crippen molar-refractivity contribution in [3.63, 3.8) is 0 Å². The number of rotatable bonds is 2. The first kappa shape index (κ1) is 21.0. The van der Waals surface area contributed by atoms with Crippen LogP contribution >= 0.6 is 24.8 Å². The summed E-state index contributed by atoms with van der Waals surface area (Å²) in [7, 11) is 0. The molecule has 1 aromatic carbocycles. The van der Waals surface area contributed by atoms with Crippen molar-refractivity contribution in [2.45, 2.75) is 69.9 Å². The Bertz CT molecular complexity index is 768. The monoisotopic (exact) mass is 398 g/mol. The number of imidazole rings is 1. The number of carbonyl (C=O) groups excluding carboxylic acids is 1. The Morgan fingerprint density at radius 1 is 1.08 bits per heavy atom. The standard InChI is InChI=1S/C19H26N4O.2ClH/c20-19(10-4-2-5-11-19)18(24)21-14-8-9-16-15(13-14)22-17-7-3-1-6-12-23(16)17;;/h8-9,13H,1-7,10-12,20H2,(H,21,24);2*1H. The van der Waals surface area contributed by atoms with E-state index in [2.05, 4.69) is 16.0 Å². The lowest BCUT2D eigenvalue weighted by molar-refractivity contribution is -0.122. The lowest BCUT2D eigenvalue weighted by Gasteiger charge is -2.31. The molecule has 2 aliphatic rings. The molecular formula is C19H28Cl2N4O. The van der Waals surface area contributed by atoms with Crippen LogP contribution in [-0.4, -0.2) is 21.0 Å². The van der Waals surface area contributed by atoms with Crippen molar-refractivity contribution < 1.29 is 4.79 Å². The van der Waals surface area contributed by atoms with Crippen LogP contribution in [0, 0.1) is 0 Å². The Morgan fingerprint density at radius 3 is 2.58 bits per heavy atom. The summed E-state index contributed by atoms with van der Waals surface area (Å²) in [5.41, 5.74) is 8.56. The van der Waals surface area contributed by atoms with E-state index >= 15 is 0 Å². The van der Waals surface area contributed by atoms with Crippen LogP contribution in [0.5, 0.6) is 0 Å². The molecule has 4 rings (SSSR count). The molecule has 0 unspecified atom stereocenters. The van der Waals surface area contributed by atoms with Gasteiger partial charge < -0.3 is 15.6 Å². The van der Waals surface area contributed by atoms with Gasteiger partial charge in [-0.3, -0.25) is 4.79 Å². The number of carbonyl (C=O) groups is 1. The number of hydrogen-bond acceptors (Lipinski definition) is 3. The van der Waals surface area contributed by atoms with E-state index in [4.69, 9.17) is 10.7 Å². The van der Waals surface area contributed by atoms with Crippen molar-refractivity contribution >= 4 is 47.4 Å². The minimum Gasteiger partial charge on any atom is -0.328 e. The second-order valence-corrected chi connectivity index (χ2v) is 7.36. The molecule has 1 aliphatic heterocycles. The number of benzene rings is 1. The maximum Gasteiger partial charge on any atom is 0.244 e. The van der Waals surface area contributed by atoms with Gasteiger partial charge in [-0.2, -0.15) is 0 Å². The van der Waals surface area contributed by atoms with E-state index in [9.17, 15) is 4.79 Å². The first-order valence-electron chi connectivity index (χ1n) is 9.25. The lowest BCUT2D eigenvalue weighted by Crippen LogP contribution is -2.52. The molecule has 0 bridgehead atoms. The molecule has 26 heavy (non-hydrogen) atoms. The zero-order chi connectivity index (χ0) is 16.6. The van der Waals surface area contributed by atoms with Crippen LogP contribution < -0.4 is 11.1 Å². The number of aromatic nitrogens is 2. The Balaban J connectivity index is 0.00000121. The SMILES string of the molecule is Cl.Cl.NC1(C(=O)Nc2ccc3c(c2)nc2n3CCCCC2)CCCCC1. The molecule has 0 atom stereocenters. The summed E-state index contributed by atoms with van der Waals surface area (Å²) in [5.74, 6) is 1.12. The van der Waals surface area contributed by atoms with Gasteiger partial charge in [-0.1, -0.05) is 25.7 Å². The van der Waals surface area contributed by atoms with Crippen LogP contribution in [0.1, 0.15) is 57.2 Å². The molecule has 1 aliphatic carbocycles. The largest absolute Gasteiger partial charge is 0.328 e. The number of anilines is 1. The average Bonchev–Trinajstić information content (AvgIpc) is 2.76. The lowest BCUT2D eigenvalue weighted by atomic mass is 9.82. The van der Waals surface area contributed by atoms with Crippen LogP contribution in [-0.2, 0) is 17.8 Å². The van der Waals surface area contributed by atoms with Crippen molar-refractivity contribution in [1.29, 1.82) is 0 Å². The minimum atomic E-state index is -0.710. The fourth-order valence-electron chi connectivity index (χ4n) is 4.09. The van der Waals surface area contributed by atoms with Crippen molar-refractivity contribution in [1.82, 2.24) is 9.55 Å². The molecule has 2 heterocycles. The van der Waals surface area contributed by atoms with E-state index in [1.165, 1.54) is 37.0 Å². The molecule has 1 amide bonds. The minimum absolute atomic E-state index is 0. The van der Waals surface area contributed by atoms with Gasteiger partial charge in [-0.15, -0.1) is 24.8 Å². The van der Waals surface area contributed by atoms with Crippen molar-refractivity contribution in [3.8, 4) is 0 Å². The van der Waals surface area contributed by atoms with Crippen LogP contribution in [0.25, 0.3) is 11.0 Å². The summed E-state index contributed by atoms with van der Waals surface area (Å²) in [6.07, 6.45) is 9.56. The third kappa shape index (κ3) is 4.00. The number of hydrogen-bond donors (Lipinski definition) is 2. The highest BCUT2D eigenvalue weighted by atomic mass is 35.5. The molecule has 3 N–H and O–H groups in total. The number of nitrogens with two attached hydrogens (primary N) is 1. The quantitative estimate of drug-likeness (QED) is 0.795. The number of aryl methyl sites for hydroxylation is 2. The smallest absolute Gasteiger partial charge is 0.244 e. The maximum absolute atomic E-state index is 12.6. The molecular weight excluding hydrogens is 371 g/mol. The van der Waals surface area contributed by atoms with Crippen molar-refractivity contribution in [2.75, 3.05) is 5.32 Å². The third-order valence-corrected chi connectivity index (χ3v) is 5.57. The first-order chi connectivity index (χ1) is 11.7. The second kappa shape index (κ2) is 8.59. The van der Waals surface area contributed by atoms with Gasteiger partial charge >= 0.3 is 0 Å². The van der Waals surface area contributed by atoms with Crippen molar-refractivity contribution in [3.05, 3.63) is 24.0 Å². The fourth-order valence-corrected chi connectivity index (χ4v) is 4.09. The number of amides is 1. The van der Waals surface area contributed by atoms with Crippen LogP contribution in [0.3, 0.4) is 0 Å². The average molecular weight is 399 g/mol. The fraction of sp³-hybridized carbons (Fsp3) is 0.579. The number of nitrogens with one attached hydrogen (secondary N) is 1. The normalized spacial score (nSPS) is 18.8. The Hall–Kier alpha value is -1.30. The summed E-state index contributed by atoms with van der Waals surface area (Å²) in [6, 6.07) is 6.05. The molecule has 1 fully saturated rings. The molecule has 2 aromatic rings. The van der Waals surface area contributed by atoms with E-state index in [0.717, 1.165) is 49.9 Å². The highest BCUT2D eigenvalue weighted by Crippen LogP contribution is 2.28. The number of nitrogens with zero attached hydrogens (tertiary/aromatic N) is 2. The number of halogens is 2. The molecule has 7 heteroatoms. The Kier molecular flexibility index (Phi) is 6.94. The van der Waals surface area contributed by atoms with E-state index in [-0.39, 0.29) is 30.7 Å². The van der Waals surface area contributed by atoms with E-state index < -0.39 is 5.54 Å². The zero-order valence-corrected chi connectivity index (χ0v) is 16.6. The van der Waals surface area contributed by atoms with E-state index in [1.807, 2.05) is 12.1 Å². The van der Waals surface area contributed by atoms with Gasteiger partial charge in [0.05, 0.1) is 16.6 Å². The number of fused-ring (bicyclic) bond motifs is 3. The Morgan fingerprint density at radius 2 is 1.81 bits per heavy atom. The highest BCUT2D eigenvalue weighted by molar-refractivity contribution is 5.99. The molecule has 1 saturated carbocycles. The summed E-state index contributed by atoms with van der Waals surface area (Å²) in [4.78, 5) is 17.4. The van der Waals surface area contributed by atoms with Gasteiger partial charge in [0.2, 0.25) is 5.91 Å². The van der Waals surface area contributed by atoms with Gasteiger partial charge in [0.1, 0.15) is 5.82 Å². The van der Waals surface area contributed by atoms with Crippen LogP contribution in [0.15, 0.2) is 18.2 Å². The van der Waals surface area contributed by atoms with Gasteiger partial charge in [0.25, 0.3) is 0 Å². The summed E-state index contributed by atoms with van der Waals surface area (Å²) in [5, 5.41) is 3.02. The van der Waals surface area contributed by atoms with Gasteiger partial charge in [-0.05, 0) is 43.9 Å². The topological polar surface area (TPSA) is 72.9 Å². The van der Waals surface area contributed by atoms with Gasteiger partial charge in [-0.25, -0.2) is 4.98 Å². The van der Waals surface area contributed by atoms with E-state index in [1.54, 1.807) is 0 Å². The summed E-state index contributed by atoms with van der Waals surface area (Å²) >= 11 is 0. The van der Waals surface area contributed by atoms with Crippen LogP contribution in [0.4, 0.5) is 5.69 Å². The maximum atomic E-state index is 12.6. The predicted molar refractivity (Wildman–Crippen MR) is 110 cm³/mol. The summed E-state index contributed by atoms with van der Waals surface area (Å²) in [6.45, 7) is 1.05.